The number of fused-ring (bicyclic) bond motifs is 1. The molecule has 0 aliphatic carbocycles. The molecule has 0 aliphatic rings. The van der Waals surface area contributed by atoms with E-state index >= 15 is 0 Å². The number of ether oxygens (including phenoxy) is 1. The molecule has 0 saturated carbocycles. The SMILES string of the molecule is CCCCC[C@H](C)N=Cc1c(O)n(-c2cccc(S(=O)(=O)Nc3ccccc3OC)c2)c(=O)c2ccccc12. The monoisotopic (exact) mass is 547 g/mol. The van der Waals surface area contributed by atoms with Crippen LogP contribution in [-0.4, -0.2) is 37.5 Å². The van der Waals surface area contributed by atoms with Crippen molar-refractivity contribution in [3.8, 4) is 17.3 Å². The maximum atomic E-state index is 13.5. The van der Waals surface area contributed by atoms with Gasteiger partial charge in [0.15, 0.2) is 0 Å². The minimum absolute atomic E-state index is 0.0459. The van der Waals surface area contributed by atoms with Crippen molar-refractivity contribution in [2.45, 2.75) is 50.5 Å². The molecule has 1 heterocycles. The Morgan fingerprint density at radius 2 is 1.74 bits per heavy atom. The number of anilines is 1. The summed E-state index contributed by atoms with van der Waals surface area (Å²) in [5.74, 6) is 0.0592. The average Bonchev–Trinajstić information content (AvgIpc) is 2.93. The van der Waals surface area contributed by atoms with Crippen molar-refractivity contribution < 1.29 is 18.3 Å². The first kappa shape index (κ1) is 27.9. The van der Waals surface area contributed by atoms with Crippen molar-refractivity contribution in [2.24, 2.45) is 4.99 Å². The Kier molecular flexibility index (Phi) is 8.71. The van der Waals surface area contributed by atoms with E-state index in [2.05, 4.69) is 16.6 Å². The minimum atomic E-state index is -4.04. The molecule has 9 heteroatoms. The lowest BCUT2D eigenvalue weighted by Crippen LogP contribution is -2.21. The number of aromatic hydroxyl groups is 1. The summed E-state index contributed by atoms with van der Waals surface area (Å²) in [6, 6.07) is 19.6. The Morgan fingerprint density at radius 3 is 2.49 bits per heavy atom. The van der Waals surface area contributed by atoms with Gasteiger partial charge in [0.25, 0.3) is 15.6 Å². The van der Waals surface area contributed by atoms with Gasteiger partial charge in [0.2, 0.25) is 5.88 Å². The van der Waals surface area contributed by atoms with Gasteiger partial charge in [0.05, 0.1) is 28.9 Å². The number of hydrogen-bond acceptors (Lipinski definition) is 6. The molecule has 0 amide bonds. The van der Waals surface area contributed by atoms with E-state index in [1.165, 1.54) is 25.3 Å². The molecule has 3 aromatic carbocycles. The van der Waals surface area contributed by atoms with Crippen LogP contribution in [0.25, 0.3) is 16.5 Å². The average molecular weight is 548 g/mol. The molecule has 0 saturated heterocycles. The van der Waals surface area contributed by atoms with Crippen molar-refractivity contribution in [1.29, 1.82) is 0 Å². The first-order valence-electron chi connectivity index (χ1n) is 12.9. The molecule has 0 bridgehead atoms. The molecular formula is C30H33N3O5S. The Labute approximate surface area is 228 Å². The highest BCUT2D eigenvalue weighted by atomic mass is 32.2. The van der Waals surface area contributed by atoms with E-state index in [-0.39, 0.29) is 28.2 Å². The third-order valence-electron chi connectivity index (χ3n) is 6.52. The van der Waals surface area contributed by atoms with E-state index < -0.39 is 15.6 Å². The second-order valence-corrected chi connectivity index (χ2v) is 11.0. The quantitative estimate of drug-likeness (QED) is 0.180. The third kappa shape index (κ3) is 6.15. The Morgan fingerprint density at radius 1 is 1.03 bits per heavy atom. The van der Waals surface area contributed by atoms with Gasteiger partial charge in [-0.15, -0.1) is 0 Å². The topological polar surface area (TPSA) is 110 Å². The fourth-order valence-corrected chi connectivity index (χ4v) is 5.53. The number of hydrogen-bond donors (Lipinski definition) is 2. The van der Waals surface area contributed by atoms with E-state index in [0.29, 0.717) is 22.1 Å². The van der Waals surface area contributed by atoms with Gasteiger partial charge in [-0.25, -0.2) is 13.0 Å². The molecule has 8 nitrogen and oxygen atoms in total. The number of rotatable bonds is 11. The zero-order chi connectivity index (χ0) is 28.0. The second-order valence-electron chi connectivity index (χ2n) is 9.35. The zero-order valence-corrected chi connectivity index (χ0v) is 23.1. The number of nitrogens with zero attached hydrogens (tertiary/aromatic N) is 2. The highest BCUT2D eigenvalue weighted by Crippen LogP contribution is 2.29. The summed E-state index contributed by atoms with van der Waals surface area (Å²) in [4.78, 5) is 18.1. The lowest BCUT2D eigenvalue weighted by Gasteiger charge is -2.16. The number of methoxy groups -OCH3 is 1. The summed E-state index contributed by atoms with van der Waals surface area (Å²) in [5.41, 5.74) is 0.413. The van der Waals surface area contributed by atoms with E-state index in [0.717, 1.165) is 30.3 Å². The van der Waals surface area contributed by atoms with E-state index in [9.17, 15) is 18.3 Å². The van der Waals surface area contributed by atoms with Crippen LogP contribution in [0, 0.1) is 0 Å². The van der Waals surface area contributed by atoms with E-state index in [4.69, 9.17) is 4.74 Å². The number of sulfonamides is 1. The van der Waals surface area contributed by atoms with Crippen molar-refractivity contribution >= 4 is 32.7 Å². The smallest absolute Gasteiger partial charge is 0.265 e. The summed E-state index contributed by atoms with van der Waals surface area (Å²) >= 11 is 0. The molecule has 4 aromatic rings. The maximum Gasteiger partial charge on any atom is 0.265 e. The summed E-state index contributed by atoms with van der Waals surface area (Å²) in [5, 5.41) is 12.3. The van der Waals surface area contributed by atoms with Crippen LogP contribution in [0.2, 0.25) is 0 Å². The summed E-state index contributed by atoms with van der Waals surface area (Å²) in [6.07, 6.45) is 5.83. The third-order valence-corrected chi connectivity index (χ3v) is 7.89. The first-order chi connectivity index (χ1) is 18.8. The number of para-hydroxylation sites is 2. The highest BCUT2D eigenvalue weighted by molar-refractivity contribution is 7.92. The molecule has 0 radical (unpaired) electrons. The molecule has 0 spiro atoms. The van der Waals surface area contributed by atoms with Crippen LogP contribution in [0.1, 0.15) is 45.1 Å². The van der Waals surface area contributed by atoms with Gasteiger partial charge in [-0.3, -0.25) is 14.5 Å². The fourth-order valence-electron chi connectivity index (χ4n) is 4.42. The Hall–Kier alpha value is -4.11. The Balaban J connectivity index is 1.79. The van der Waals surface area contributed by atoms with Gasteiger partial charge < -0.3 is 9.84 Å². The Bertz CT molecular complexity index is 1660. The first-order valence-corrected chi connectivity index (χ1v) is 14.4. The second kappa shape index (κ2) is 12.2. The standard InChI is InChI=1S/C30H33N3O5S/c1-4-5-6-12-21(2)31-20-26-24-15-7-8-16-25(24)29(34)33(30(26)35)22-13-11-14-23(19-22)39(36,37)32-27-17-9-10-18-28(27)38-3/h7-11,13-21,32,35H,4-6,12H2,1-3H3/t21-/m0/s1. The number of benzene rings is 3. The van der Waals surface area contributed by atoms with Gasteiger partial charge in [0.1, 0.15) is 5.75 Å². The van der Waals surface area contributed by atoms with Crippen LogP contribution in [0.4, 0.5) is 5.69 Å². The van der Waals surface area contributed by atoms with E-state index in [1.807, 2.05) is 6.92 Å². The molecule has 204 valence electrons. The van der Waals surface area contributed by atoms with Crippen LogP contribution in [-0.2, 0) is 10.0 Å². The van der Waals surface area contributed by atoms with Crippen LogP contribution in [0.15, 0.2) is 87.5 Å². The number of unbranched alkanes of at least 4 members (excludes halogenated alkanes) is 2. The van der Waals surface area contributed by atoms with Gasteiger partial charge >= 0.3 is 0 Å². The number of aliphatic imine (C=N–C) groups is 1. The molecule has 39 heavy (non-hydrogen) atoms. The summed E-state index contributed by atoms with van der Waals surface area (Å²) in [7, 11) is -2.59. The van der Waals surface area contributed by atoms with Crippen LogP contribution in [0.3, 0.4) is 0 Å². The maximum absolute atomic E-state index is 13.5. The predicted molar refractivity (Wildman–Crippen MR) is 156 cm³/mol. The molecule has 0 unspecified atom stereocenters. The minimum Gasteiger partial charge on any atom is -0.495 e. The van der Waals surface area contributed by atoms with Crippen LogP contribution >= 0.6 is 0 Å². The lowest BCUT2D eigenvalue weighted by atomic mass is 10.1. The van der Waals surface area contributed by atoms with Crippen molar-refractivity contribution in [3.63, 3.8) is 0 Å². The fraction of sp³-hybridized carbons (Fsp3) is 0.267. The van der Waals surface area contributed by atoms with E-state index in [1.54, 1.807) is 60.8 Å². The molecule has 4 rings (SSSR count). The van der Waals surface area contributed by atoms with Crippen molar-refractivity contribution in [1.82, 2.24) is 4.57 Å². The summed E-state index contributed by atoms with van der Waals surface area (Å²) < 4.78 is 35.4. The zero-order valence-electron chi connectivity index (χ0n) is 22.3. The number of aromatic nitrogens is 1. The summed E-state index contributed by atoms with van der Waals surface area (Å²) in [6.45, 7) is 4.17. The normalized spacial score (nSPS) is 12.6. The highest BCUT2D eigenvalue weighted by Gasteiger charge is 2.20. The molecular weight excluding hydrogens is 514 g/mol. The van der Waals surface area contributed by atoms with Crippen molar-refractivity contribution in [3.05, 3.63) is 88.7 Å². The van der Waals surface area contributed by atoms with Gasteiger partial charge in [-0.05, 0) is 49.7 Å². The largest absolute Gasteiger partial charge is 0.495 e. The molecule has 2 N–H and O–H groups in total. The number of nitrogens with one attached hydrogen (secondary N) is 1. The van der Waals surface area contributed by atoms with Crippen LogP contribution in [0.5, 0.6) is 11.6 Å². The molecule has 1 atom stereocenters. The molecule has 0 fully saturated rings. The van der Waals surface area contributed by atoms with Crippen molar-refractivity contribution in [2.75, 3.05) is 11.8 Å². The van der Waals surface area contributed by atoms with Gasteiger partial charge in [-0.2, -0.15) is 0 Å². The number of pyridine rings is 1. The van der Waals surface area contributed by atoms with Gasteiger partial charge in [0, 0.05) is 23.0 Å². The predicted octanol–water partition coefficient (Wildman–Crippen LogP) is 5.89. The molecule has 0 aliphatic heterocycles. The van der Waals surface area contributed by atoms with Gasteiger partial charge in [-0.1, -0.05) is 62.6 Å². The molecule has 1 aromatic heterocycles. The lowest BCUT2D eigenvalue weighted by molar-refractivity contribution is 0.417. The van der Waals surface area contributed by atoms with Crippen LogP contribution < -0.4 is 15.0 Å².